The molecule has 2 heterocycles. The fraction of sp³-hybridized carbons (Fsp3) is 0.133. The lowest BCUT2D eigenvalue weighted by Gasteiger charge is -2.09. The summed E-state index contributed by atoms with van der Waals surface area (Å²) in [6.45, 7) is 1.30. The number of aromatic nitrogens is 2. The van der Waals surface area contributed by atoms with Crippen molar-refractivity contribution in [2.45, 2.75) is 13.5 Å². The molecule has 22 heavy (non-hydrogen) atoms. The van der Waals surface area contributed by atoms with Crippen LogP contribution >= 0.6 is 11.3 Å². The second-order valence-corrected chi connectivity index (χ2v) is 5.98. The number of Topliss-reactive ketones (excluding diaryl/α,β-unsaturated/α-hetero) is 1. The van der Waals surface area contributed by atoms with Crippen LogP contribution < -0.4 is 16.1 Å². The maximum absolute atomic E-state index is 12.7. The highest BCUT2D eigenvalue weighted by molar-refractivity contribution is 7.26. The number of ketones is 1. The van der Waals surface area contributed by atoms with Crippen LogP contribution in [0.2, 0.25) is 0 Å². The molecular formula is C15H10B2N2O2S. The molecule has 0 atom stereocenters. The number of carbonyl (C=O) groups is 1. The first-order valence-electron chi connectivity index (χ1n) is 6.62. The molecule has 0 aliphatic rings. The minimum Gasteiger partial charge on any atom is -0.298 e. The standard InChI is InChI=1S/C15H10B2N2O2S/c1-8(20)7-19-14(21)11-10(9-5-3-2-4-6-9)12(16)22-13(11)18-15(19)17/h2-6H,7H2,1H3. The van der Waals surface area contributed by atoms with Crippen LogP contribution in [0.4, 0.5) is 0 Å². The molecule has 0 bridgehead atoms. The fourth-order valence-corrected chi connectivity index (χ4v) is 3.34. The van der Waals surface area contributed by atoms with Gasteiger partial charge in [0, 0.05) is 5.56 Å². The second kappa shape index (κ2) is 5.57. The van der Waals surface area contributed by atoms with Gasteiger partial charge < -0.3 is 0 Å². The Bertz CT molecular complexity index is 932. The molecule has 0 fully saturated rings. The number of nitrogens with zero attached hydrogens (tertiary/aromatic N) is 2. The van der Waals surface area contributed by atoms with E-state index in [9.17, 15) is 9.59 Å². The molecule has 0 saturated carbocycles. The Kier molecular flexibility index (Phi) is 3.74. The molecule has 4 nitrogen and oxygen atoms in total. The van der Waals surface area contributed by atoms with E-state index >= 15 is 0 Å². The molecule has 104 valence electrons. The number of rotatable bonds is 3. The van der Waals surface area contributed by atoms with E-state index in [1.807, 2.05) is 30.3 Å². The van der Waals surface area contributed by atoms with Crippen molar-refractivity contribution >= 4 is 53.5 Å². The highest BCUT2D eigenvalue weighted by atomic mass is 32.1. The first-order valence-corrected chi connectivity index (χ1v) is 7.44. The second-order valence-electron chi connectivity index (χ2n) is 4.95. The third-order valence-electron chi connectivity index (χ3n) is 3.31. The summed E-state index contributed by atoms with van der Waals surface area (Å²) in [6, 6.07) is 9.39. The molecule has 4 radical (unpaired) electrons. The van der Waals surface area contributed by atoms with Gasteiger partial charge in [0.05, 0.1) is 17.7 Å². The zero-order chi connectivity index (χ0) is 15.9. The fourth-order valence-electron chi connectivity index (χ4n) is 2.38. The quantitative estimate of drug-likeness (QED) is 0.654. The summed E-state index contributed by atoms with van der Waals surface area (Å²) < 4.78 is 1.69. The van der Waals surface area contributed by atoms with Gasteiger partial charge in [-0.3, -0.25) is 14.2 Å². The molecule has 0 unspecified atom stereocenters. The summed E-state index contributed by atoms with van der Waals surface area (Å²) in [5, 5.41) is 0.407. The van der Waals surface area contributed by atoms with Crippen molar-refractivity contribution in [2.24, 2.45) is 0 Å². The number of benzene rings is 1. The summed E-state index contributed by atoms with van der Waals surface area (Å²) in [7, 11) is 11.9. The van der Waals surface area contributed by atoms with Gasteiger partial charge >= 0.3 is 0 Å². The van der Waals surface area contributed by atoms with Crippen LogP contribution in [0.5, 0.6) is 0 Å². The zero-order valence-electron chi connectivity index (χ0n) is 11.9. The highest BCUT2D eigenvalue weighted by Gasteiger charge is 2.18. The summed E-state index contributed by atoms with van der Waals surface area (Å²) in [5.74, 6) is -0.167. The van der Waals surface area contributed by atoms with E-state index in [4.69, 9.17) is 15.7 Å². The summed E-state index contributed by atoms with van der Waals surface area (Å²) >= 11 is 1.22. The lowest BCUT2D eigenvalue weighted by atomic mass is 9.95. The zero-order valence-corrected chi connectivity index (χ0v) is 12.7. The highest BCUT2D eigenvalue weighted by Crippen LogP contribution is 2.27. The summed E-state index contributed by atoms with van der Waals surface area (Å²) in [5.41, 5.74) is 1.16. The van der Waals surface area contributed by atoms with Crippen molar-refractivity contribution in [3.8, 4) is 11.1 Å². The predicted octanol–water partition coefficient (Wildman–Crippen LogP) is 0.302. The molecule has 3 aromatic rings. The van der Waals surface area contributed by atoms with E-state index < -0.39 is 0 Å². The molecule has 3 rings (SSSR count). The van der Waals surface area contributed by atoms with Gasteiger partial charge in [-0.1, -0.05) is 30.3 Å². The predicted molar refractivity (Wildman–Crippen MR) is 90.8 cm³/mol. The molecular weight excluding hydrogens is 294 g/mol. The average molecular weight is 304 g/mol. The van der Waals surface area contributed by atoms with Gasteiger partial charge in [-0.15, -0.1) is 11.3 Å². The van der Waals surface area contributed by atoms with Gasteiger partial charge in [-0.25, -0.2) is 4.98 Å². The Hall–Kier alpha value is -2.14. The van der Waals surface area contributed by atoms with Crippen LogP contribution in [0.25, 0.3) is 21.3 Å². The van der Waals surface area contributed by atoms with Crippen LogP contribution in [0.1, 0.15) is 6.92 Å². The van der Waals surface area contributed by atoms with Gasteiger partial charge in [0.25, 0.3) is 5.56 Å². The first kappa shape index (κ1) is 14.8. The number of fused-ring (bicyclic) bond motifs is 1. The van der Waals surface area contributed by atoms with Gasteiger partial charge in [0.1, 0.15) is 18.5 Å². The lowest BCUT2D eigenvalue weighted by molar-refractivity contribution is -0.117. The van der Waals surface area contributed by atoms with Gasteiger partial charge in [-0.2, -0.15) is 0 Å². The molecule has 0 saturated heterocycles. The van der Waals surface area contributed by atoms with E-state index in [2.05, 4.69) is 4.98 Å². The Morgan fingerprint density at radius 1 is 1.27 bits per heavy atom. The Balaban J connectivity index is 2.37. The van der Waals surface area contributed by atoms with Crippen LogP contribution in [-0.4, -0.2) is 31.0 Å². The molecule has 0 amide bonds. The van der Waals surface area contributed by atoms with E-state index in [-0.39, 0.29) is 23.6 Å². The Morgan fingerprint density at radius 3 is 2.59 bits per heavy atom. The maximum atomic E-state index is 12.7. The van der Waals surface area contributed by atoms with Crippen molar-refractivity contribution < 1.29 is 4.79 Å². The molecule has 2 aromatic heterocycles. The van der Waals surface area contributed by atoms with Crippen molar-refractivity contribution in [2.75, 3.05) is 0 Å². The van der Waals surface area contributed by atoms with Crippen LogP contribution in [0.3, 0.4) is 0 Å². The summed E-state index contributed by atoms with van der Waals surface area (Å²) in [6.07, 6.45) is 0. The number of carbonyl (C=O) groups excluding carboxylic acids is 1. The van der Waals surface area contributed by atoms with Gasteiger partial charge in [0.15, 0.2) is 7.85 Å². The SMILES string of the molecule is [B]c1sc2nc([B])n(CC(C)=O)c(=O)c2c1-c1ccccc1. The summed E-state index contributed by atoms with van der Waals surface area (Å²) in [4.78, 5) is 28.8. The molecule has 0 aliphatic carbocycles. The monoisotopic (exact) mass is 304 g/mol. The minimum atomic E-state index is -0.343. The minimum absolute atomic E-state index is 0.0218. The lowest BCUT2D eigenvalue weighted by Crippen LogP contribution is -2.37. The largest absolute Gasteiger partial charge is 0.298 e. The van der Waals surface area contributed by atoms with Crippen molar-refractivity contribution in [3.63, 3.8) is 0 Å². The third-order valence-corrected chi connectivity index (χ3v) is 4.22. The average Bonchev–Trinajstić information content (AvgIpc) is 2.80. The molecule has 1 aromatic carbocycles. The van der Waals surface area contributed by atoms with Gasteiger partial charge in [0.2, 0.25) is 0 Å². The molecule has 0 N–H and O–H groups in total. The Morgan fingerprint density at radius 2 is 1.95 bits per heavy atom. The topological polar surface area (TPSA) is 52.0 Å². The smallest absolute Gasteiger partial charge is 0.262 e. The van der Waals surface area contributed by atoms with E-state index in [0.717, 1.165) is 5.56 Å². The van der Waals surface area contributed by atoms with Crippen LogP contribution in [-0.2, 0) is 11.3 Å². The first-order chi connectivity index (χ1) is 10.5. The molecule has 0 spiro atoms. The van der Waals surface area contributed by atoms with Crippen LogP contribution in [0, 0.1) is 0 Å². The van der Waals surface area contributed by atoms with E-state index in [1.54, 1.807) is 0 Å². The molecule has 0 aliphatic heterocycles. The van der Waals surface area contributed by atoms with E-state index in [0.29, 0.717) is 20.6 Å². The van der Waals surface area contributed by atoms with Crippen molar-refractivity contribution in [3.05, 3.63) is 40.7 Å². The third kappa shape index (κ3) is 2.41. The number of hydrogen-bond donors (Lipinski definition) is 0. The number of hydrogen-bond acceptors (Lipinski definition) is 4. The van der Waals surface area contributed by atoms with Crippen LogP contribution in [0.15, 0.2) is 35.1 Å². The van der Waals surface area contributed by atoms with Gasteiger partial charge in [-0.05, 0) is 17.3 Å². The maximum Gasteiger partial charge on any atom is 0.262 e. The normalized spacial score (nSPS) is 11.0. The van der Waals surface area contributed by atoms with E-state index in [1.165, 1.54) is 22.8 Å². The Labute approximate surface area is 133 Å². The van der Waals surface area contributed by atoms with Crippen molar-refractivity contribution in [1.29, 1.82) is 0 Å². The van der Waals surface area contributed by atoms with Crippen molar-refractivity contribution in [1.82, 2.24) is 9.55 Å². The number of thiophene rings is 1. The molecule has 7 heteroatoms.